The minimum Gasteiger partial charge on any atom is -0.493 e. The van der Waals surface area contributed by atoms with E-state index in [1.807, 2.05) is 30.3 Å². The molecule has 6 heteroatoms. The number of carbonyl (C=O) groups excluding carboxylic acids is 1. The van der Waals surface area contributed by atoms with E-state index >= 15 is 0 Å². The van der Waals surface area contributed by atoms with Crippen LogP contribution < -0.4 is 9.47 Å². The lowest BCUT2D eigenvalue weighted by molar-refractivity contribution is 0.0789. The van der Waals surface area contributed by atoms with Gasteiger partial charge in [0.15, 0.2) is 11.5 Å². The van der Waals surface area contributed by atoms with Crippen LogP contribution in [0.5, 0.6) is 11.5 Å². The molecule has 0 atom stereocenters. The molecule has 0 radical (unpaired) electrons. The highest BCUT2D eigenvalue weighted by molar-refractivity contribution is 9.11. The highest BCUT2D eigenvalue weighted by atomic mass is 79.9. The molecule has 21 heavy (non-hydrogen) atoms. The van der Waals surface area contributed by atoms with Crippen LogP contribution in [0.1, 0.15) is 15.2 Å². The van der Waals surface area contributed by atoms with Crippen LogP contribution in [-0.4, -0.2) is 32.1 Å². The zero-order valence-electron chi connectivity index (χ0n) is 12.1. The summed E-state index contributed by atoms with van der Waals surface area (Å²) in [5, 5.41) is 0. The van der Waals surface area contributed by atoms with Gasteiger partial charge < -0.3 is 14.4 Å². The van der Waals surface area contributed by atoms with Crippen LogP contribution >= 0.6 is 27.3 Å². The number of rotatable bonds is 5. The van der Waals surface area contributed by atoms with Crippen LogP contribution in [0.15, 0.2) is 34.1 Å². The van der Waals surface area contributed by atoms with Gasteiger partial charge in [-0.2, -0.15) is 0 Å². The predicted molar refractivity (Wildman–Crippen MR) is 87.4 cm³/mol. The molecular weight excluding hydrogens is 354 g/mol. The Hall–Kier alpha value is -1.53. The van der Waals surface area contributed by atoms with Gasteiger partial charge in [0.05, 0.1) is 22.9 Å². The van der Waals surface area contributed by atoms with Crippen molar-refractivity contribution in [3.63, 3.8) is 0 Å². The number of carbonyl (C=O) groups is 1. The third-order valence-corrected chi connectivity index (χ3v) is 4.63. The van der Waals surface area contributed by atoms with E-state index in [1.165, 1.54) is 11.3 Å². The summed E-state index contributed by atoms with van der Waals surface area (Å²) in [4.78, 5) is 14.7. The number of thiophene rings is 1. The van der Waals surface area contributed by atoms with Gasteiger partial charge in [-0.25, -0.2) is 0 Å². The summed E-state index contributed by atoms with van der Waals surface area (Å²) in [6, 6.07) is 9.33. The summed E-state index contributed by atoms with van der Waals surface area (Å²) in [5.74, 6) is 1.30. The molecule has 0 aliphatic rings. The number of halogens is 1. The fourth-order valence-electron chi connectivity index (χ4n) is 2.02. The first-order valence-corrected chi connectivity index (χ1v) is 7.88. The number of benzene rings is 1. The number of para-hydroxylation sites is 1. The molecule has 0 spiro atoms. The van der Waals surface area contributed by atoms with Gasteiger partial charge in [0, 0.05) is 19.2 Å². The largest absolute Gasteiger partial charge is 0.493 e. The second-order valence-corrected chi connectivity index (χ2v) is 6.88. The van der Waals surface area contributed by atoms with Crippen molar-refractivity contribution in [1.82, 2.24) is 4.90 Å². The Labute approximate surface area is 136 Å². The Bertz CT molecular complexity index is 642. The molecule has 4 nitrogen and oxygen atoms in total. The normalized spacial score (nSPS) is 10.3. The van der Waals surface area contributed by atoms with Gasteiger partial charge in [-0.15, -0.1) is 11.3 Å². The Balaban J connectivity index is 2.19. The topological polar surface area (TPSA) is 38.8 Å². The van der Waals surface area contributed by atoms with Crippen LogP contribution in [0.25, 0.3) is 0 Å². The smallest absolute Gasteiger partial charge is 0.264 e. The van der Waals surface area contributed by atoms with E-state index < -0.39 is 0 Å². The highest BCUT2D eigenvalue weighted by Crippen LogP contribution is 2.32. The van der Waals surface area contributed by atoms with E-state index in [0.717, 1.165) is 9.35 Å². The van der Waals surface area contributed by atoms with Crippen molar-refractivity contribution in [3.8, 4) is 11.5 Å². The molecule has 0 N–H and O–H groups in total. The average molecular weight is 370 g/mol. The van der Waals surface area contributed by atoms with Gasteiger partial charge in [0.25, 0.3) is 5.91 Å². The second-order valence-electron chi connectivity index (χ2n) is 4.42. The molecule has 2 rings (SSSR count). The van der Waals surface area contributed by atoms with E-state index in [-0.39, 0.29) is 5.91 Å². The lowest BCUT2D eigenvalue weighted by atomic mass is 10.1. The fourth-order valence-corrected chi connectivity index (χ4v) is 3.40. The van der Waals surface area contributed by atoms with Crippen LogP contribution in [0, 0.1) is 0 Å². The molecule has 0 bridgehead atoms. The molecule has 1 aromatic heterocycles. The Kier molecular flexibility index (Phi) is 5.25. The maximum absolute atomic E-state index is 12.4. The van der Waals surface area contributed by atoms with Gasteiger partial charge in [0.1, 0.15) is 0 Å². The van der Waals surface area contributed by atoms with Crippen molar-refractivity contribution in [3.05, 3.63) is 44.6 Å². The molecule has 0 aliphatic carbocycles. The molecule has 1 heterocycles. The molecular formula is C15H16BrNO3S. The summed E-state index contributed by atoms with van der Waals surface area (Å²) in [6.45, 7) is 0.453. The van der Waals surface area contributed by atoms with Crippen molar-refractivity contribution >= 4 is 33.2 Å². The number of nitrogens with zero attached hydrogens (tertiary/aromatic N) is 1. The monoisotopic (exact) mass is 369 g/mol. The summed E-state index contributed by atoms with van der Waals surface area (Å²) in [7, 11) is 4.97. The van der Waals surface area contributed by atoms with Crippen LogP contribution in [0.2, 0.25) is 0 Å². The Morgan fingerprint density at radius 2 is 2.00 bits per heavy atom. The summed E-state index contributed by atoms with van der Waals surface area (Å²) >= 11 is 4.79. The van der Waals surface area contributed by atoms with Crippen LogP contribution in [0.4, 0.5) is 0 Å². The van der Waals surface area contributed by atoms with E-state index in [2.05, 4.69) is 15.9 Å². The predicted octanol–water partition coefficient (Wildman–Crippen LogP) is 3.80. The lowest BCUT2D eigenvalue weighted by Crippen LogP contribution is -2.25. The van der Waals surface area contributed by atoms with Crippen molar-refractivity contribution in [2.45, 2.75) is 6.54 Å². The van der Waals surface area contributed by atoms with Gasteiger partial charge in [0.2, 0.25) is 0 Å². The Morgan fingerprint density at radius 3 is 2.57 bits per heavy atom. The molecule has 0 fully saturated rings. The maximum Gasteiger partial charge on any atom is 0.264 e. The number of methoxy groups -OCH3 is 2. The zero-order valence-corrected chi connectivity index (χ0v) is 14.5. The average Bonchev–Trinajstić information content (AvgIpc) is 2.92. The first-order chi connectivity index (χ1) is 10.1. The van der Waals surface area contributed by atoms with E-state index in [9.17, 15) is 4.79 Å². The number of hydrogen-bond acceptors (Lipinski definition) is 4. The third-order valence-electron chi connectivity index (χ3n) is 3.02. The maximum atomic E-state index is 12.4. The van der Waals surface area contributed by atoms with E-state index in [4.69, 9.17) is 9.47 Å². The standard InChI is InChI=1S/C15H16BrNO3S/c1-17(15(18)12-7-8-13(16)21-12)9-10-5-4-6-11(19-2)14(10)20-3/h4-8H,9H2,1-3H3. The molecule has 0 saturated carbocycles. The number of amides is 1. The molecule has 1 aromatic carbocycles. The van der Waals surface area contributed by atoms with Gasteiger partial charge in [-0.3, -0.25) is 4.79 Å². The Morgan fingerprint density at radius 1 is 1.24 bits per heavy atom. The number of hydrogen-bond donors (Lipinski definition) is 0. The zero-order chi connectivity index (χ0) is 15.4. The number of ether oxygens (including phenoxy) is 2. The first-order valence-electron chi connectivity index (χ1n) is 6.27. The van der Waals surface area contributed by atoms with Gasteiger partial charge in [-0.1, -0.05) is 12.1 Å². The van der Waals surface area contributed by atoms with Crippen LogP contribution in [0.3, 0.4) is 0 Å². The second kappa shape index (κ2) is 6.95. The van der Waals surface area contributed by atoms with Crippen molar-refractivity contribution in [1.29, 1.82) is 0 Å². The van der Waals surface area contributed by atoms with E-state index in [0.29, 0.717) is 22.9 Å². The van der Waals surface area contributed by atoms with Crippen molar-refractivity contribution in [2.75, 3.05) is 21.3 Å². The summed E-state index contributed by atoms with van der Waals surface area (Å²) < 4.78 is 11.6. The summed E-state index contributed by atoms with van der Waals surface area (Å²) in [5.41, 5.74) is 0.906. The molecule has 112 valence electrons. The minimum atomic E-state index is -0.0180. The van der Waals surface area contributed by atoms with Gasteiger partial charge in [-0.05, 0) is 34.1 Å². The molecule has 0 unspecified atom stereocenters. The molecule has 1 amide bonds. The van der Waals surface area contributed by atoms with Crippen molar-refractivity contribution < 1.29 is 14.3 Å². The third kappa shape index (κ3) is 3.57. The quantitative estimate of drug-likeness (QED) is 0.804. The lowest BCUT2D eigenvalue weighted by Gasteiger charge is -2.19. The van der Waals surface area contributed by atoms with Crippen LogP contribution in [-0.2, 0) is 6.54 Å². The van der Waals surface area contributed by atoms with E-state index in [1.54, 1.807) is 26.2 Å². The molecule has 0 saturated heterocycles. The van der Waals surface area contributed by atoms with Gasteiger partial charge >= 0.3 is 0 Å². The first kappa shape index (κ1) is 15.9. The molecule has 2 aromatic rings. The SMILES string of the molecule is COc1cccc(CN(C)C(=O)c2ccc(Br)s2)c1OC. The van der Waals surface area contributed by atoms with Crippen molar-refractivity contribution in [2.24, 2.45) is 0 Å². The highest BCUT2D eigenvalue weighted by Gasteiger charge is 2.17. The molecule has 0 aliphatic heterocycles. The fraction of sp³-hybridized carbons (Fsp3) is 0.267. The minimum absolute atomic E-state index is 0.0180. The summed E-state index contributed by atoms with van der Waals surface area (Å²) in [6.07, 6.45) is 0.